The normalized spacial score (nSPS) is 12.2. The van der Waals surface area contributed by atoms with E-state index in [-0.39, 0.29) is 18.0 Å². The molecule has 7 heteroatoms. The second-order valence-corrected chi connectivity index (χ2v) is 5.22. The molecule has 1 aromatic carbocycles. The first kappa shape index (κ1) is 17.1. The van der Waals surface area contributed by atoms with Gasteiger partial charge < -0.3 is 10.2 Å². The third-order valence-corrected chi connectivity index (χ3v) is 3.70. The van der Waals surface area contributed by atoms with Crippen molar-refractivity contribution in [1.29, 1.82) is 0 Å². The van der Waals surface area contributed by atoms with Gasteiger partial charge in [0, 0.05) is 30.9 Å². The maximum absolute atomic E-state index is 13.8. The van der Waals surface area contributed by atoms with Gasteiger partial charge in [-0.05, 0) is 26.1 Å². The Morgan fingerprint density at radius 2 is 2.04 bits per heavy atom. The van der Waals surface area contributed by atoms with Crippen LogP contribution in [0, 0.1) is 11.6 Å². The Hall–Kier alpha value is -2.28. The topological polar surface area (TPSA) is 50.2 Å². The van der Waals surface area contributed by atoms with E-state index < -0.39 is 17.7 Å². The zero-order valence-electron chi connectivity index (χ0n) is 13.4. The molecular formula is C16H20F2N4O. The average molecular weight is 322 g/mol. The van der Waals surface area contributed by atoms with Crippen molar-refractivity contribution in [3.05, 3.63) is 53.4 Å². The standard InChI is InChI=1S/C16H20F2N4O/c1-4-22(10-12-13(17)6-5-7-14(12)18)16(23)15(19-2)11-8-20-21(3)9-11/h5-9,15,19H,4,10H2,1-3H3. The summed E-state index contributed by atoms with van der Waals surface area (Å²) in [5.41, 5.74) is 0.594. The minimum absolute atomic E-state index is 0.108. The van der Waals surface area contributed by atoms with E-state index in [1.807, 2.05) is 0 Å². The molecule has 1 heterocycles. The lowest BCUT2D eigenvalue weighted by atomic mass is 10.1. The molecule has 0 spiro atoms. The molecule has 1 unspecified atom stereocenters. The number of halogens is 2. The first-order chi connectivity index (χ1) is 11.0. The van der Waals surface area contributed by atoms with Crippen LogP contribution in [0.5, 0.6) is 0 Å². The number of hydrogen-bond donors (Lipinski definition) is 1. The number of aryl methyl sites for hydroxylation is 1. The van der Waals surface area contributed by atoms with Gasteiger partial charge in [0.1, 0.15) is 17.7 Å². The van der Waals surface area contributed by atoms with E-state index in [2.05, 4.69) is 10.4 Å². The summed E-state index contributed by atoms with van der Waals surface area (Å²) in [6, 6.07) is 3.07. The van der Waals surface area contributed by atoms with Crippen LogP contribution in [0.15, 0.2) is 30.6 Å². The predicted octanol–water partition coefficient (Wildman–Crippen LogP) is 2.01. The smallest absolute Gasteiger partial charge is 0.244 e. The summed E-state index contributed by atoms with van der Waals surface area (Å²) in [5.74, 6) is -1.57. The maximum atomic E-state index is 13.8. The van der Waals surface area contributed by atoms with Gasteiger partial charge in [0.25, 0.3) is 0 Å². The fourth-order valence-electron chi connectivity index (χ4n) is 2.42. The Morgan fingerprint density at radius 1 is 1.39 bits per heavy atom. The van der Waals surface area contributed by atoms with Crippen molar-refractivity contribution in [1.82, 2.24) is 20.0 Å². The molecule has 1 N–H and O–H groups in total. The first-order valence-electron chi connectivity index (χ1n) is 7.35. The number of amides is 1. The highest BCUT2D eigenvalue weighted by atomic mass is 19.1. The summed E-state index contributed by atoms with van der Waals surface area (Å²) < 4.78 is 29.2. The second kappa shape index (κ2) is 7.32. The Labute approximate surface area is 133 Å². The summed E-state index contributed by atoms with van der Waals surface area (Å²) in [5, 5.41) is 6.98. The minimum atomic E-state index is -0.654. The average Bonchev–Trinajstić information content (AvgIpc) is 2.94. The van der Waals surface area contributed by atoms with E-state index in [4.69, 9.17) is 0 Å². The van der Waals surface area contributed by atoms with Crippen LogP contribution in [0.1, 0.15) is 24.1 Å². The SMILES string of the molecule is CCN(Cc1c(F)cccc1F)C(=O)C(NC)c1cnn(C)c1. The van der Waals surface area contributed by atoms with E-state index in [1.54, 1.807) is 38.1 Å². The van der Waals surface area contributed by atoms with Gasteiger partial charge in [-0.2, -0.15) is 5.10 Å². The summed E-state index contributed by atoms with van der Waals surface area (Å²) >= 11 is 0. The van der Waals surface area contributed by atoms with Crippen LogP contribution in [-0.2, 0) is 18.4 Å². The van der Waals surface area contributed by atoms with Crippen LogP contribution in [0.2, 0.25) is 0 Å². The lowest BCUT2D eigenvalue weighted by molar-refractivity contribution is -0.134. The fraction of sp³-hybridized carbons (Fsp3) is 0.375. The van der Waals surface area contributed by atoms with Gasteiger partial charge in [-0.1, -0.05) is 6.07 Å². The quantitative estimate of drug-likeness (QED) is 0.885. The van der Waals surface area contributed by atoms with Gasteiger partial charge in [0.2, 0.25) is 5.91 Å². The Morgan fingerprint density at radius 3 is 2.52 bits per heavy atom. The number of benzene rings is 1. The molecular weight excluding hydrogens is 302 g/mol. The summed E-state index contributed by atoms with van der Waals surface area (Å²) in [7, 11) is 3.42. The van der Waals surface area contributed by atoms with Crippen molar-refractivity contribution in [2.24, 2.45) is 7.05 Å². The molecule has 0 fully saturated rings. The van der Waals surface area contributed by atoms with E-state index in [0.717, 1.165) is 0 Å². The van der Waals surface area contributed by atoms with Gasteiger partial charge >= 0.3 is 0 Å². The number of aromatic nitrogens is 2. The highest BCUT2D eigenvalue weighted by Gasteiger charge is 2.26. The highest BCUT2D eigenvalue weighted by molar-refractivity contribution is 5.83. The first-order valence-corrected chi connectivity index (χ1v) is 7.35. The van der Waals surface area contributed by atoms with E-state index >= 15 is 0 Å². The van der Waals surface area contributed by atoms with Crippen molar-refractivity contribution < 1.29 is 13.6 Å². The molecule has 0 bridgehead atoms. The summed E-state index contributed by atoms with van der Waals surface area (Å²) in [6.45, 7) is 1.99. The largest absolute Gasteiger partial charge is 0.337 e. The fourth-order valence-corrected chi connectivity index (χ4v) is 2.42. The van der Waals surface area contributed by atoms with Crippen LogP contribution in [0.25, 0.3) is 0 Å². The molecule has 0 saturated carbocycles. The van der Waals surface area contributed by atoms with Gasteiger partial charge in [0.15, 0.2) is 0 Å². The van der Waals surface area contributed by atoms with Gasteiger partial charge in [0.05, 0.1) is 12.7 Å². The zero-order chi connectivity index (χ0) is 17.0. The molecule has 2 rings (SSSR count). The zero-order valence-corrected chi connectivity index (χ0v) is 13.4. The number of nitrogens with zero attached hydrogens (tertiary/aromatic N) is 3. The van der Waals surface area contributed by atoms with Crippen LogP contribution >= 0.6 is 0 Å². The van der Waals surface area contributed by atoms with Crippen molar-refractivity contribution in [2.75, 3.05) is 13.6 Å². The van der Waals surface area contributed by atoms with Crippen molar-refractivity contribution in [2.45, 2.75) is 19.5 Å². The molecule has 0 aliphatic rings. The summed E-state index contributed by atoms with van der Waals surface area (Å²) in [6.07, 6.45) is 3.33. The number of carbonyl (C=O) groups excluding carboxylic acids is 1. The Bertz CT molecular complexity index is 666. The molecule has 1 aromatic heterocycles. The van der Waals surface area contributed by atoms with Crippen LogP contribution in [0.3, 0.4) is 0 Å². The third-order valence-electron chi connectivity index (χ3n) is 3.70. The van der Waals surface area contributed by atoms with Crippen LogP contribution in [0.4, 0.5) is 8.78 Å². The van der Waals surface area contributed by atoms with Crippen molar-refractivity contribution in [3.63, 3.8) is 0 Å². The van der Waals surface area contributed by atoms with E-state index in [1.165, 1.54) is 23.1 Å². The molecule has 1 amide bonds. The van der Waals surface area contributed by atoms with Crippen molar-refractivity contribution in [3.8, 4) is 0 Å². The molecule has 5 nitrogen and oxygen atoms in total. The minimum Gasteiger partial charge on any atom is -0.337 e. The molecule has 0 aliphatic carbocycles. The number of hydrogen-bond acceptors (Lipinski definition) is 3. The molecule has 0 aliphatic heterocycles. The Balaban J connectivity index is 2.24. The van der Waals surface area contributed by atoms with Crippen LogP contribution in [-0.4, -0.2) is 34.2 Å². The van der Waals surface area contributed by atoms with E-state index in [0.29, 0.717) is 12.1 Å². The molecule has 0 saturated heterocycles. The Kier molecular flexibility index (Phi) is 5.44. The summed E-state index contributed by atoms with van der Waals surface area (Å²) in [4.78, 5) is 14.1. The molecule has 124 valence electrons. The van der Waals surface area contributed by atoms with Gasteiger partial charge in [-0.3, -0.25) is 9.48 Å². The van der Waals surface area contributed by atoms with E-state index in [9.17, 15) is 13.6 Å². The monoisotopic (exact) mass is 322 g/mol. The maximum Gasteiger partial charge on any atom is 0.244 e. The van der Waals surface area contributed by atoms with Gasteiger partial charge in [-0.25, -0.2) is 8.78 Å². The lowest BCUT2D eigenvalue weighted by Crippen LogP contribution is -2.39. The number of likely N-dealkylation sites (N-methyl/N-ethyl adjacent to an activating group) is 2. The van der Waals surface area contributed by atoms with Gasteiger partial charge in [-0.15, -0.1) is 0 Å². The number of rotatable bonds is 6. The lowest BCUT2D eigenvalue weighted by Gasteiger charge is -2.26. The number of nitrogens with one attached hydrogen (secondary N) is 1. The molecule has 0 radical (unpaired) electrons. The van der Waals surface area contributed by atoms with Crippen molar-refractivity contribution >= 4 is 5.91 Å². The van der Waals surface area contributed by atoms with Crippen LogP contribution < -0.4 is 5.32 Å². The number of carbonyl (C=O) groups is 1. The molecule has 2 aromatic rings. The molecule has 1 atom stereocenters. The second-order valence-electron chi connectivity index (χ2n) is 5.22. The predicted molar refractivity (Wildman–Crippen MR) is 82.5 cm³/mol. The highest BCUT2D eigenvalue weighted by Crippen LogP contribution is 2.19. The molecule has 23 heavy (non-hydrogen) atoms. The third kappa shape index (κ3) is 3.73.